The van der Waals surface area contributed by atoms with E-state index in [2.05, 4.69) is 10.6 Å². The first-order valence-electron chi connectivity index (χ1n) is 9.79. The van der Waals surface area contributed by atoms with Crippen LogP contribution in [-0.4, -0.2) is 30.0 Å². The Balaban J connectivity index is 1.50. The zero-order chi connectivity index (χ0) is 22.0. The fourth-order valence-electron chi connectivity index (χ4n) is 3.48. The first-order chi connectivity index (χ1) is 15.0. The number of thiophene rings is 1. The van der Waals surface area contributed by atoms with E-state index in [-0.39, 0.29) is 16.7 Å². The molecule has 0 saturated heterocycles. The summed E-state index contributed by atoms with van der Waals surface area (Å²) in [6, 6.07) is 7.44. The normalized spacial score (nSPS) is 13.0. The van der Waals surface area contributed by atoms with Crippen LogP contribution in [0.3, 0.4) is 0 Å². The molecule has 1 amide bonds. The summed E-state index contributed by atoms with van der Waals surface area (Å²) in [7, 11) is 1.34. The molecule has 1 aliphatic rings. The predicted octanol–water partition coefficient (Wildman–Crippen LogP) is 2.79. The van der Waals surface area contributed by atoms with Crippen LogP contribution >= 0.6 is 23.1 Å². The van der Waals surface area contributed by atoms with E-state index in [1.807, 2.05) is 31.2 Å². The molecule has 1 aliphatic carbocycles. The minimum atomic E-state index is -0.611. The number of nitrogens with one attached hydrogen (secondary N) is 1. The van der Waals surface area contributed by atoms with Gasteiger partial charge < -0.3 is 19.7 Å². The summed E-state index contributed by atoms with van der Waals surface area (Å²) in [5, 5.41) is 19.4. The van der Waals surface area contributed by atoms with E-state index >= 15 is 0 Å². The van der Waals surface area contributed by atoms with Gasteiger partial charge in [0.25, 0.3) is 5.03 Å². The van der Waals surface area contributed by atoms with Crippen LogP contribution in [0.15, 0.2) is 33.8 Å². The second-order valence-electron chi connectivity index (χ2n) is 7.16. The third-order valence-electron chi connectivity index (χ3n) is 5.00. The highest BCUT2D eigenvalue weighted by Gasteiger charge is 2.28. The zero-order valence-corrected chi connectivity index (χ0v) is 18.7. The van der Waals surface area contributed by atoms with Crippen molar-refractivity contribution in [2.24, 2.45) is 0 Å². The number of benzene rings is 1. The third-order valence-corrected chi connectivity index (χ3v) is 7.23. The van der Waals surface area contributed by atoms with E-state index in [9.17, 15) is 14.7 Å². The van der Waals surface area contributed by atoms with E-state index < -0.39 is 11.9 Å². The second kappa shape index (κ2) is 9.11. The van der Waals surface area contributed by atoms with E-state index in [4.69, 9.17) is 9.26 Å². The molecule has 0 saturated carbocycles. The average molecular weight is 460 g/mol. The Hall–Kier alpha value is -2.85. The second-order valence-corrected chi connectivity index (χ2v) is 9.23. The average Bonchev–Trinajstić information content (AvgIpc) is 3.32. The number of aromatic nitrogens is 2. The molecule has 0 aliphatic heterocycles. The maximum absolute atomic E-state index is 12.6. The summed E-state index contributed by atoms with van der Waals surface area (Å²) in [5.41, 5.74) is 3.16. The van der Waals surface area contributed by atoms with Gasteiger partial charge in [-0.1, -0.05) is 17.7 Å². The molecule has 3 aromatic rings. The van der Waals surface area contributed by atoms with E-state index in [0.29, 0.717) is 16.3 Å². The largest absolute Gasteiger partial charge is 0.538 e. The number of hydrogen-bond donors (Lipinski definition) is 1. The predicted molar refractivity (Wildman–Crippen MR) is 114 cm³/mol. The van der Waals surface area contributed by atoms with Crippen LogP contribution in [0.5, 0.6) is 5.95 Å². The maximum Gasteiger partial charge on any atom is 0.341 e. The highest BCUT2D eigenvalue weighted by molar-refractivity contribution is 7.99. The quantitative estimate of drug-likeness (QED) is 0.343. The van der Waals surface area contributed by atoms with Crippen LogP contribution in [0.2, 0.25) is 0 Å². The topological polar surface area (TPSA) is 108 Å². The van der Waals surface area contributed by atoms with Crippen molar-refractivity contribution in [1.29, 1.82) is 0 Å². The van der Waals surface area contributed by atoms with Crippen molar-refractivity contribution < 1.29 is 28.6 Å². The lowest BCUT2D eigenvalue weighted by Gasteiger charge is -2.11. The summed E-state index contributed by atoms with van der Waals surface area (Å²) in [5.74, 6) is -1.42. The van der Waals surface area contributed by atoms with Crippen molar-refractivity contribution in [3.05, 3.63) is 45.8 Å². The molecule has 4 rings (SSSR count). The maximum atomic E-state index is 12.6. The first kappa shape index (κ1) is 21.4. The number of anilines is 1. The van der Waals surface area contributed by atoms with Crippen molar-refractivity contribution in [2.75, 3.05) is 18.2 Å². The summed E-state index contributed by atoms with van der Waals surface area (Å²) >= 11 is 2.45. The number of carbonyl (C=O) groups excluding carboxylic acids is 2. The number of nitrogens with zero attached hydrogens (tertiary/aromatic N) is 2. The molecule has 0 fully saturated rings. The van der Waals surface area contributed by atoms with Crippen molar-refractivity contribution in [3.63, 3.8) is 0 Å². The molecule has 1 N–H and O–H groups in total. The number of fused-ring (bicyclic) bond motifs is 1. The minimum absolute atomic E-state index is 0.0362. The van der Waals surface area contributed by atoms with Crippen molar-refractivity contribution in [3.8, 4) is 11.6 Å². The Morgan fingerprint density at radius 1 is 1.29 bits per heavy atom. The number of rotatable bonds is 6. The van der Waals surface area contributed by atoms with E-state index in [1.54, 1.807) is 0 Å². The van der Waals surface area contributed by atoms with Crippen LogP contribution in [0, 0.1) is 6.92 Å². The number of methoxy groups -OCH3 is 1. The summed E-state index contributed by atoms with van der Waals surface area (Å²) in [6.07, 6.45) is 3.77. The number of hydrogen-bond acceptors (Lipinski definition) is 8. The molecule has 8 nitrogen and oxygen atoms in total. The van der Waals surface area contributed by atoms with Gasteiger partial charge in [-0.3, -0.25) is 4.79 Å². The molecule has 2 aromatic heterocycles. The molecule has 31 heavy (non-hydrogen) atoms. The van der Waals surface area contributed by atoms with E-state index in [1.165, 1.54) is 23.1 Å². The fourth-order valence-corrected chi connectivity index (χ4v) is 5.53. The van der Waals surface area contributed by atoms with Gasteiger partial charge in [-0.25, -0.2) is 4.79 Å². The lowest BCUT2D eigenvalue weighted by molar-refractivity contribution is -0.705. The van der Waals surface area contributed by atoms with Gasteiger partial charge in [0.1, 0.15) is 5.00 Å². The van der Waals surface area contributed by atoms with Gasteiger partial charge in [-0.2, -0.15) is 0 Å². The summed E-state index contributed by atoms with van der Waals surface area (Å²) in [6.45, 7) is 1.96. The number of ether oxygens (including phenoxy) is 1. The SMILES string of the molecule is COC(=O)c1c(NC(=O)CSc2c([O-])on[n+]2-c2ccc(C)cc2)sc2c1CCCC2. The molecule has 0 radical (unpaired) electrons. The van der Waals surface area contributed by atoms with Crippen LogP contribution in [0.1, 0.15) is 39.2 Å². The molecular weight excluding hydrogens is 438 g/mol. The zero-order valence-electron chi connectivity index (χ0n) is 17.1. The lowest BCUT2D eigenvalue weighted by atomic mass is 9.95. The lowest BCUT2D eigenvalue weighted by Crippen LogP contribution is -2.35. The number of amides is 1. The number of aryl methyl sites for hydroxylation is 2. The highest BCUT2D eigenvalue weighted by Crippen LogP contribution is 2.38. The molecule has 10 heteroatoms. The standard InChI is InChI=1S/C21H21N3O5S2/c1-12-7-9-13(10-8-12)24-19(21(27)29-23-24)30-11-16(25)22-18-17(20(26)28-2)14-5-3-4-6-15(14)31-18/h7-10H,3-6,11H2,1-2H3,(H-,22,23,25,26,27). The molecule has 2 heterocycles. The van der Waals surface area contributed by atoms with Gasteiger partial charge in [0.15, 0.2) is 5.95 Å². The van der Waals surface area contributed by atoms with Gasteiger partial charge in [0.2, 0.25) is 11.6 Å². The number of esters is 1. The van der Waals surface area contributed by atoms with Crippen molar-refractivity contribution in [1.82, 2.24) is 5.27 Å². The van der Waals surface area contributed by atoms with Crippen molar-refractivity contribution >= 4 is 40.0 Å². The Morgan fingerprint density at radius 3 is 2.77 bits per heavy atom. The molecular formula is C21H21N3O5S2. The van der Waals surface area contributed by atoms with Crippen LogP contribution in [0.4, 0.5) is 5.00 Å². The number of thioether (sulfide) groups is 1. The van der Waals surface area contributed by atoms with Gasteiger partial charge in [-0.05, 0) is 54.6 Å². The Bertz CT molecular complexity index is 1120. The minimum Gasteiger partial charge on any atom is -0.538 e. The van der Waals surface area contributed by atoms with Gasteiger partial charge in [-0.15, -0.1) is 11.3 Å². The Morgan fingerprint density at radius 2 is 2.03 bits per heavy atom. The highest BCUT2D eigenvalue weighted by atomic mass is 32.2. The molecule has 0 unspecified atom stereocenters. The molecule has 1 aromatic carbocycles. The smallest absolute Gasteiger partial charge is 0.341 e. The van der Waals surface area contributed by atoms with Crippen molar-refractivity contribution in [2.45, 2.75) is 37.6 Å². The first-order valence-corrected chi connectivity index (χ1v) is 11.6. The third kappa shape index (κ3) is 4.45. The Kier molecular flexibility index (Phi) is 6.28. The fraction of sp³-hybridized carbons (Fsp3) is 0.333. The van der Waals surface area contributed by atoms with Gasteiger partial charge in [0.05, 0.1) is 23.7 Å². The number of carbonyl (C=O) groups is 2. The molecule has 0 spiro atoms. The van der Waals surface area contributed by atoms with Crippen LogP contribution in [0.25, 0.3) is 5.69 Å². The van der Waals surface area contributed by atoms with Crippen LogP contribution in [-0.2, 0) is 22.4 Å². The Labute approximate surface area is 187 Å². The van der Waals surface area contributed by atoms with Gasteiger partial charge in [0, 0.05) is 17.0 Å². The molecule has 0 atom stereocenters. The van der Waals surface area contributed by atoms with E-state index in [0.717, 1.165) is 53.4 Å². The van der Waals surface area contributed by atoms with Crippen LogP contribution < -0.4 is 15.1 Å². The molecule has 162 valence electrons. The van der Waals surface area contributed by atoms with Gasteiger partial charge >= 0.3 is 5.97 Å². The monoisotopic (exact) mass is 459 g/mol. The summed E-state index contributed by atoms with van der Waals surface area (Å²) < 4.78 is 11.1. The molecule has 0 bridgehead atoms. The summed E-state index contributed by atoms with van der Waals surface area (Å²) in [4.78, 5) is 26.1.